The van der Waals surface area contributed by atoms with Crippen LogP contribution >= 0.6 is 0 Å². The minimum absolute atomic E-state index is 0.0758. The van der Waals surface area contributed by atoms with Gasteiger partial charge in [0, 0.05) is 32.0 Å². The molecule has 0 spiro atoms. The van der Waals surface area contributed by atoms with Gasteiger partial charge in [-0.3, -0.25) is 9.20 Å². The lowest BCUT2D eigenvalue weighted by molar-refractivity contribution is 0.0350. The molecule has 0 bridgehead atoms. The number of methoxy groups -OCH3 is 1. The second kappa shape index (κ2) is 6.92. The number of aryl methyl sites for hydroxylation is 1. The van der Waals surface area contributed by atoms with Crippen LogP contribution in [0.2, 0.25) is 0 Å². The molecule has 0 unspecified atom stereocenters. The van der Waals surface area contributed by atoms with Gasteiger partial charge in [0.15, 0.2) is 0 Å². The smallest absolute Gasteiger partial charge is 0.255 e. The van der Waals surface area contributed by atoms with Crippen molar-refractivity contribution in [2.75, 3.05) is 20.2 Å². The second-order valence-electron chi connectivity index (χ2n) is 6.79. The first-order valence-electron chi connectivity index (χ1n) is 9.03. The Hall–Kier alpha value is -2.66. The summed E-state index contributed by atoms with van der Waals surface area (Å²) in [6.07, 6.45) is 3.97. The Balaban J connectivity index is 1.68. The molecule has 134 valence electrons. The Morgan fingerprint density at radius 2 is 1.85 bits per heavy atom. The van der Waals surface area contributed by atoms with E-state index in [9.17, 15) is 4.79 Å². The second-order valence-corrected chi connectivity index (χ2v) is 6.79. The van der Waals surface area contributed by atoms with E-state index in [-0.39, 0.29) is 12.0 Å². The number of benzene rings is 1. The van der Waals surface area contributed by atoms with Gasteiger partial charge in [0.05, 0.1) is 23.1 Å². The van der Waals surface area contributed by atoms with Crippen LogP contribution < -0.4 is 0 Å². The zero-order chi connectivity index (χ0) is 18.1. The van der Waals surface area contributed by atoms with Crippen LogP contribution in [-0.4, -0.2) is 46.5 Å². The van der Waals surface area contributed by atoms with Gasteiger partial charge in [0.2, 0.25) is 0 Å². The number of carbonyl (C=O) groups is 1. The molecule has 0 aliphatic carbocycles. The van der Waals surface area contributed by atoms with Crippen LogP contribution in [-0.2, 0) is 4.74 Å². The maximum Gasteiger partial charge on any atom is 0.255 e. The fourth-order valence-electron chi connectivity index (χ4n) is 3.71. The molecule has 4 rings (SSSR count). The van der Waals surface area contributed by atoms with Gasteiger partial charge in [-0.2, -0.15) is 0 Å². The first-order chi connectivity index (χ1) is 12.7. The first-order valence-corrected chi connectivity index (χ1v) is 9.03. The molecule has 0 radical (unpaired) electrons. The van der Waals surface area contributed by atoms with Gasteiger partial charge < -0.3 is 9.64 Å². The first kappa shape index (κ1) is 16.8. The van der Waals surface area contributed by atoms with Crippen molar-refractivity contribution in [3.63, 3.8) is 0 Å². The van der Waals surface area contributed by atoms with Crippen molar-refractivity contribution >= 4 is 11.6 Å². The molecule has 3 heterocycles. The highest BCUT2D eigenvalue weighted by atomic mass is 16.5. The van der Waals surface area contributed by atoms with Crippen molar-refractivity contribution in [3.05, 3.63) is 59.9 Å². The van der Waals surface area contributed by atoms with E-state index in [0.717, 1.165) is 48.5 Å². The van der Waals surface area contributed by atoms with Gasteiger partial charge >= 0.3 is 0 Å². The third-order valence-electron chi connectivity index (χ3n) is 5.15. The molecule has 1 fully saturated rings. The highest BCUT2D eigenvalue weighted by molar-refractivity contribution is 5.94. The molecule has 2 aromatic heterocycles. The summed E-state index contributed by atoms with van der Waals surface area (Å²) in [6.45, 7) is 3.49. The zero-order valence-corrected chi connectivity index (χ0v) is 15.2. The molecule has 1 amide bonds. The number of likely N-dealkylation sites (tertiary alicyclic amines) is 1. The van der Waals surface area contributed by atoms with Crippen LogP contribution in [0, 0.1) is 6.92 Å². The Kier molecular flexibility index (Phi) is 4.47. The number of aromatic nitrogens is 2. The summed E-state index contributed by atoms with van der Waals surface area (Å²) in [5.74, 6) is 0.0758. The molecule has 0 atom stereocenters. The Labute approximate surface area is 153 Å². The number of ether oxygens (including phenoxy) is 1. The zero-order valence-electron chi connectivity index (χ0n) is 15.2. The van der Waals surface area contributed by atoms with Crippen molar-refractivity contribution < 1.29 is 9.53 Å². The number of amides is 1. The summed E-state index contributed by atoms with van der Waals surface area (Å²) in [5, 5.41) is 0. The minimum Gasteiger partial charge on any atom is -0.381 e. The summed E-state index contributed by atoms with van der Waals surface area (Å²) in [4.78, 5) is 19.5. The van der Waals surface area contributed by atoms with Crippen LogP contribution in [0.4, 0.5) is 0 Å². The number of piperidine rings is 1. The van der Waals surface area contributed by atoms with Crippen molar-refractivity contribution in [1.29, 1.82) is 0 Å². The molecule has 1 aliphatic heterocycles. The fraction of sp³-hybridized carbons (Fsp3) is 0.333. The third-order valence-corrected chi connectivity index (χ3v) is 5.15. The van der Waals surface area contributed by atoms with Gasteiger partial charge in [-0.15, -0.1) is 0 Å². The average Bonchev–Trinajstić information content (AvgIpc) is 3.03. The predicted molar refractivity (Wildman–Crippen MR) is 101 cm³/mol. The predicted octanol–water partition coefficient (Wildman–Crippen LogP) is 3.56. The lowest BCUT2D eigenvalue weighted by Gasteiger charge is -2.31. The molecule has 0 N–H and O–H groups in total. The van der Waals surface area contributed by atoms with Gasteiger partial charge in [-0.05, 0) is 31.9 Å². The monoisotopic (exact) mass is 349 g/mol. The van der Waals surface area contributed by atoms with Crippen molar-refractivity contribution in [2.24, 2.45) is 0 Å². The van der Waals surface area contributed by atoms with Gasteiger partial charge in [0.25, 0.3) is 5.91 Å². The summed E-state index contributed by atoms with van der Waals surface area (Å²) in [6, 6.07) is 14.0. The maximum atomic E-state index is 12.9. The standard InChI is InChI=1S/C21H23N3O2/c1-15-20(16-6-4-3-5-7-16)24-14-17(8-9-19(24)22-15)21(25)23-12-10-18(26-2)11-13-23/h3-9,14,18H,10-13H2,1-2H3. The van der Waals surface area contributed by atoms with E-state index in [2.05, 4.69) is 17.1 Å². The van der Waals surface area contributed by atoms with Crippen LogP contribution in [0.3, 0.4) is 0 Å². The number of carbonyl (C=O) groups excluding carboxylic acids is 1. The molecule has 1 aromatic carbocycles. The molecular weight excluding hydrogens is 326 g/mol. The normalized spacial score (nSPS) is 15.5. The van der Waals surface area contributed by atoms with Crippen LogP contribution in [0.25, 0.3) is 16.9 Å². The molecule has 26 heavy (non-hydrogen) atoms. The Bertz CT molecular complexity index is 925. The summed E-state index contributed by atoms with van der Waals surface area (Å²) >= 11 is 0. The number of fused-ring (bicyclic) bond motifs is 1. The van der Waals surface area contributed by atoms with E-state index >= 15 is 0 Å². The summed E-state index contributed by atoms with van der Waals surface area (Å²) < 4.78 is 7.43. The van der Waals surface area contributed by atoms with E-state index in [1.807, 2.05) is 52.8 Å². The highest BCUT2D eigenvalue weighted by Crippen LogP contribution is 2.25. The summed E-state index contributed by atoms with van der Waals surface area (Å²) in [5.41, 5.74) is 4.65. The molecular formula is C21H23N3O2. The SMILES string of the molecule is COC1CCN(C(=O)c2ccc3nc(C)c(-c4ccccc4)n3c2)CC1. The van der Waals surface area contributed by atoms with E-state index in [4.69, 9.17) is 4.74 Å². The lowest BCUT2D eigenvalue weighted by atomic mass is 10.1. The van der Waals surface area contributed by atoms with Gasteiger partial charge in [-0.25, -0.2) is 4.98 Å². The number of nitrogens with zero attached hydrogens (tertiary/aromatic N) is 3. The third kappa shape index (κ3) is 2.99. The van der Waals surface area contributed by atoms with Crippen LogP contribution in [0.1, 0.15) is 28.9 Å². The summed E-state index contributed by atoms with van der Waals surface area (Å²) in [7, 11) is 1.74. The molecule has 5 heteroatoms. The lowest BCUT2D eigenvalue weighted by Crippen LogP contribution is -2.40. The Morgan fingerprint density at radius 1 is 1.12 bits per heavy atom. The van der Waals surface area contributed by atoms with Crippen LogP contribution in [0.5, 0.6) is 0 Å². The van der Waals surface area contributed by atoms with Crippen molar-refractivity contribution in [2.45, 2.75) is 25.9 Å². The Morgan fingerprint density at radius 3 is 2.54 bits per heavy atom. The largest absolute Gasteiger partial charge is 0.381 e. The topological polar surface area (TPSA) is 46.8 Å². The number of hydrogen-bond donors (Lipinski definition) is 0. The number of hydrogen-bond acceptors (Lipinski definition) is 3. The maximum absolute atomic E-state index is 12.9. The molecule has 3 aromatic rings. The average molecular weight is 349 g/mol. The molecule has 1 aliphatic rings. The number of pyridine rings is 1. The van der Waals surface area contributed by atoms with E-state index in [1.54, 1.807) is 7.11 Å². The van der Waals surface area contributed by atoms with Gasteiger partial charge in [0.1, 0.15) is 5.65 Å². The molecule has 0 saturated carbocycles. The van der Waals surface area contributed by atoms with E-state index in [0.29, 0.717) is 5.56 Å². The number of imidazole rings is 1. The highest BCUT2D eigenvalue weighted by Gasteiger charge is 2.24. The van der Waals surface area contributed by atoms with Crippen molar-refractivity contribution in [1.82, 2.24) is 14.3 Å². The molecule has 1 saturated heterocycles. The van der Waals surface area contributed by atoms with E-state index in [1.165, 1.54) is 0 Å². The van der Waals surface area contributed by atoms with E-state index < -0.39 is 0 Å². The molecule has 5 nitrogen and oxygen atoms in total. The van der Waals surface area contributed by atoms with Crippen LogP contribution in [0.15, 0.2) is 48.7 Å². The fourth-order valence-corrected chi connectivity index (χ4v) is 3.71. The van der Waals surface area contributed by atoms with Gasteiger partial charge in [-0.1, -0.05) is 30.3 Å². The quantitative estimate of drug-likeness (QED) is 0.726. The number of rotatable bonds is 3. The van der Waals surface area contributed by atoms with Crippen molar-refractivity contribution in [3.8, 4) is 11.3 Å². The minimum atomic E-state index is 0.0758.